The second kappa shape index (κ2) is 5.53. The highest BCUT2D eigenvalue weighted by Crippen LogP contribution is 2.11. The Morgan fingerprint density at radius 2 is 2.18 bits per heavy atom. The van der Waals surface area contributed by atoms with Gasteiger partial charge in [-0.3, -0.25) is 14.9 Å². The second-order valence-corrected chi connectivity index (χ2v) is 4.72. The van der Waals surface area contributed by atoms with Gasteiger partial charge in [-0.1, -0.05) is 0 Å². The van der Waals surface area contributed by atoms with E-state index in [0.717, 1.165) is 37.6 Å². The molecule has 1 aromatic heterocycles. The van der Waals surface area contributed by atoms with E-state index in [1.165, 1.54) is 0 Å². The van der Waals surface area contributed by atoms with Crippen LogP contribution in [0.15, 0.2) is 12.4 Å². The van der Waals surface area contributed by atoms with Crippen molar-refractivity contribution in [3.63, 3.8) is 0 Å². The molecule has 0 aliphatic carbocycles. The minimum atomic E-state index is 0.198. The summed E-state index contributed by atoms with van der Waals surface area (Å²) in [5, 5.41) is 9.40. The van der Waals surface area contributed by atoms with Crippen molar-refractivity contribution in [3.05, 3.63) is 23.8 Å². The van der Waals surface area contributed by atoms with Crippen molar-refractivity contribution in [2.24, 2.45) is 0 Å². The van der Waals surface area contributed by atoms with Crippen LogP contribution in [-0.2, 0) is 6.54 Å². The lowest BCUT2D eigenvalue weighted by molar-refractivity contribution is 0.0449. The average molecular weight is 236 g/mol. The molecular formula is C12H20N4O. The summed E-state index contributed by atoms with van der Waals surface area (Å²) < 4.78 is 0. The van der Waals surface area contributed by atoms with E-state index in [1.807, 2.05) is 13.1 Å². The van der Waals surface area contributed by atoms with Gasteiger partial charge in [0.05, 0.1) is 18.0 Å². The Balaban J connectivity index is 1.99. The smallest absolute Gasteiger partial charge is 0.0727 e. The molecule has 0 saturated carbocycles. The highest BCUT2D eigenvalue weighted by Gasteiger charge is 2.24. The molecule has 0 amide bonds. The van der Waals surface area contributed by atoms with E-state index >= 15 is 0 Å². The fraction of sp³-hybridized carbons (Fsp3) is 0.667. The molecule has 1 aliphatic heterocycles. The standard InChI is InChI=1S/C12H20N4O/c1-10-5-14-11(6-13-10)7-16-4-3-15(2)8-12(16)9-17/h5-6,12,17H,3-4,7-9H2,1-2H3. The molecule has 1 saturated heterocycles. The van der Waals surface area contributed by atoms with Crippen LogP contribution in [0.3, 0.4) is 0 Å². The molecule has 0 bridgehead atoms. The van der Waals surface area contributed by atoms with Crippen molar-refractivity contribution in [1.29, 1.82) is 0 Å². The summed E-state index contributed by atoms with van der Waals surface area (Å²) in [7, 11) is 2.09. The lowest BCUT2D eigenvalue weighted by Crippen LogP contribution is -2.52. The van der Waals surface area contributed by atoms with Crippen molar-refractivity contribution >= 4 is 0 Å². The largest absolute Gasteiger partial charge is 0.395 e. The molecule has 0 aromatic carbocycles. The zero-order valence-electron chi connectivity index (χ0n) is 10.5. The predicted octanol–water partition coefficient (Wildman–Crippen LogP) is -0.107. The van der Waals surface area contributed by atoms with Crippen LogP contribution in [0.4, 0.5) is 0 Å². The summed E-state index contributed by atoms with van der Waals surface area (Å²) in [6.45, 7) is 5.82. The minimum absolute atomic E-state index is 0.198. The molecule has 1 N–H and O–H groups in total. The lowest BCUT2D eigenvalue weighted by atomic mass is 10.2. The van der Waals surface area contributed by atoms with E-state index in [1.54, 1.807) is 6.20 Å². The molecular weight excluding hydrogens is 216 g/mol. The molecule has 1 aromatic rings. The van der Waals surface area contributed by atoms with Crippen LogP contribution in [0.25, 0.3) is 0 Å². The fourth-order valence-corrected chi connectivity index (χ4v) is 2.14. The molecule has 1 atom stereocenters. The normalized spacial score (nSPS) is 22.9. The Kier molecular flexibility index (Phi) is 4.04. The van der Waals surface area contributed by atoms with Gasteiger partial charge in [0.15, 0.2) is 0 Å². The molecule has 1 aliphatic rings. The molecule has 2 rings (SSSR count). The quantitative estimate of drug-likeness (QED) is 0.794. The molecule has 5 heteroatoms. The van der Waals surface area contributed by atoms with Gasteiger partial charge in [-0.2, -0.15) is 0 Å². The van der Waals surface area contributed by atoms with Crippen LogP contribution in [0.2, 0.25) is 0 Å². The van der Waals surface area contributed by atoms with Crippen LogP contribution in [0.5, 0.6) is 0 Å². The molecule has 5 nitrogen and oxygen atoms in total. The van der Waals surface area contributed by atoms with Gasteiger partial charge in [0.2, 0.25) is 0 Å². The Hall–Kier alpha value is -1.04. The second-order valence-electron chi connectivity index (χ2n) is 4.72. The first kappa shape index (κ1) is 12.4. The van der Waals surface area contributed by atoms with Crippen molar-refractivity contribution in [1.82, 2.24) is 19.8 Å². The first-order valence-corrected chi connectivity index (χ1v) is 6.00. The third-order valence-corrected chi connectivity index (χ3v) is 3.22. The van der Waals surface area contributed by atoms with Gasteiger partial charge in [0, 0.05) is 44.6 Å². The molecule has 0 spiro atoms. The van der Waals surface area contributed by atoms with Gasteiger partial charge in [-0.15, -0.1) is 0 Å². The third-order valence-electron chi connectivity index (χ3n) is 3.22. The monoisotopic (exact) mass is 236 g/mol. The average Bonchev–Trinajstić information content (AvgIpc) is 2.34. The summed E-state index contributed by atoms with van der Waals surface area (Å²) in [6.07, 6.45) is 3.61. The van der Waals surface area contributed by atoms with E-state index in [0.29, 0.717) is 0 Å². The maximum atomic E-state index is 9.40. The van der Waals surface area contributed by atoms with Crippen LogP contribution in [-0.4, -0.2) is 64.2 Å². The molecule has 94 valence electrons. The molecule has 17 heavy (non-hydrogen) atoms. The first-order valence-electron chi connectivity index (χ1n) is 6.00. The van der Waals surface area contributed by atoms with Gasteiger partial charge in [0.25, 0.3) is 0 Å². The van der Waals surface area contributed by atoms with Crippen LogP contribution >= 0.6 is 0 Å². The van der Waals surface area contributed by atoms with Crippen molar-refractivity contribution in [2.45, 2.75) is 19.5 Å². The van der Waals surface area contributed by atoms with Gasteiger partial charge in [0.1, 0.15) is 0 Å². The number of piperazine rings is 1. The summed E-state index contributed by atoms with van der Waals surface area (Å²) >= 11 is 0. The molecule has 1 unspecified atom stereocenters. The van der Waals surface area contributed by atoms with Crippen molar-refractivity contribution in [3.8, 4) is 0 Å². The number of nitrogens with zero attached hydrogens (tertiary/aromatic N) is 4. The maximum absolute atomic E-state index is 9.40. The lowest BCUT2D eigenvalue weighted by Gasteiger charge is -2.38. The van der Waals surface area contributed by atoms with Crippen LogP contribution in [0.1, 0.15) is 11.4 Å². The first-order chi connectivity index (χ1) is 8.19. The van der Waals surface area contributed by atoms with Gasteiger partial charge in [-0.05, 0) is 14.0 Å². The number of likely N-dealkylation sites (N-methyl/N-ethyl adjacent to an activating group) is 1. The number of aliphatic hydroxyl groups is 1. The number of aliphatic hydroxyl groups excluding tert-OH is 1. The van der Waals surface area contributed by atoms with Gasteiger partial charge < -0.3 is 10.0 Å². The van der Waals surface area contributed by atoms with E-state index in [9.17, 15) is 5.11 Å². The SMILES string of the molecule is Cc1cnc(CN2CCN(C)CC2CO)cn1. The number of hydrogen-bond donors (Lipinski definition) is 1. The van der Waals surface area contributed by atoms with E-state index in [4.69, 9.17) is 0 Å². The Morgan fingerprint density at radius 1 is 1.35 bits per heavy atom. The summed E-state index contributed by atoms with van der Waals surface area (Å²) in [6, 6.07) is 0.205. The molecule has 0 radical (unpaired) electrons. The highest BCUT2D eigenvalue weighted by molar-refractivity contribution is 5.01. The van der Waals surface area contributed by atoms with Crippen molar-refractivity contribution < 1.29 is 5.11 Å². The maximum Gasteiger partial charge on any atom is 0.0727 e. The van der Waals surface area contributed by atoms with Crippen molar-refractivity contribution in [2.75, 3.05) is 33.3 Å². The Morgan fingerprint density at radius 3 is 2.82 bits per heavy atom. The molecule has 1 fully saturated rings. The predicted molar refractivity (Wildman–Crippen MR) is 65.5 cm³/mol. The highest BCUT2D eigenvalue weighted by atomic mass is 16.3. The zero-order chi connectivity index (χ0) is 12.3. The Bertz CT molecular complexity index is 354. The third kappa shape index (κ3) is 3.21. The van der Waals surface area contributed by atoms with Gasteiger partial charge >= 0.3 is 0 Å². The summed E-state index contributed by atoms with van der Waals surface area (Å²) in [4.78, 5) is 13.1. The van der Waals surface area contributed by atoms with E-state index < -0.39 is 0 Å². The van der Waals surface area contributed by atoms with E-state index in [2.05, 4.69) is 26.8 Å². The zero-order valence-corrected chi connectivity index (χ0v) is 10.5. The molecule has 2 heterocycles. The Labute approximate surface area is 102 Å². The summed E-state index contributed by atoms with van der Waals surface area (Å²) in [5.74, 6) is 0. The number of aromatic nitrogens is 2. The minimum Gasteiger partial charge on any atom is -0.395 e. The summed E-state index contributed by atoms with van der Waals surface area (Å²) in [5.41, 5.74) is 1.91. The topological polar surface area (TPSA) is 52.5 Å². The number of aryl methyl sites for hydroxylation is 1. The number of hydrogen-bond acceptors (Lipinski definition) is 5. The van der Waals surface area contributed by atoms with Crippen LogP contribution in [0, 0.1) is 6.92 Å². The number of rotatable bonds is 3. The van der Waals surface area contributed by atoms with Gasteiger partial charge in [-0.25, -0.2) is 0 Å². The van der Waals surface area contributed by atoms with Crippen LogP contribution < -0.4 is 0 Å². The fourth-order valence-electron chi connectivity index (χ4n) is 2.14. The van der Waals surface area contributed by atoms with E-state index in [-0.39, 0.29) is 12.6 Å².